The molecule has 0 bridgehead atoms. The minimum atomic E-state index is -0.141. The van der Waals surface area contributed by atoms with Crippen LogP contribution in [-0.2, 0) is 0 Å². The molecule has 0 spiro atoms. The summed E-state index contributed by atoms with van der Waals surface area (Å²) in [5.74, 6) is -0.115. The molecule has 0 aliphatic heterocycles. The Morgan fingerprint density at radius 2 is 2.05 bits per heavy atom. The molecule has 0 saturated heterocycles. The number of carbonyl (C=O) groups excluding carboxylic acids is 1. The van der Waals surface area contributed by atoms with Crippen LogP contribution in [0.25, 0.3) is 0 Å². The smallest absolute Gasteiger partial charge is 0.252 e. The van der Waals surface area contributed by atoms with E-state index in [0.29, 0.717) is 17.1 Å². The van der Waals surface area contributed by atoms with Crippen LogP contribution in [0, 0.1) is 8.99 Å². The molecule has 5 heteroatoms. The van der Waals surface area contributed by atoms with Gasteiger partial charge >= 0.3 is 0 Å². The first-order valence-electron chi connectivity index (χ1n) is 6.90. The Kier molecular flexibility index (Phi) is 5.69. The lowest BCUT2D eigenvalue weighted by molar-refractivity contribution is 0.0717. The van der Waals surface area contributed by atoms with E-state index in [2.05, 4.69) is 27.9 Å². The molecule has 1 aromatic rings. The summed E-state index contributed by atoms with van der Waals surface area (Å²) in [5, 5.41) is 13.2. The lowest BCUT2D eigenvalue weighted by Gasteiger charge is -2.35. The van der Waals surface area contributed by atoms with Crippen molar-refractivity contribution in [3.05, 3.63) is 32.4 Å². The quantitative estimate of drug-likeness (QED) is 0.749. The average Bonchev–Trinajstić information content (AvgIpc) is 2.48. The molecule has 110 valence electrons. The van der Waals surface area contributed by atoms with Crippen LogP contribution in [0.2, 0.25) is 5.02 Å². The fraction of sp³-hybridized carbons (Fsp3) is 0.533. The maximum absolute atomic E-state index is 12.3. The Hall–Kier alpha value is -0.330. The molecule has 0 heterocycles. The van der Waals surface area contributed by atoms with Gasteiger partial charge in [-0.3, -0.25) is 4.79 Å². The van der Waals surface area contributed by atoms with E-state index in [-0.39, 0.29) is 17.9 Å². The van der Waals surface area contributed by atoms with Gasteiger partial charge in [0.25, 0.3) is 5.91 Å². The van der Waals surface area contributed by atoms with Gasteiger partial charge in [-0.15, -0.1) is 0 Å². The number of aliphatic hydroxyl groups excluding tert-OH is 1. The number of nitrogens with one attached hydrogen (secondary N) is 1. The van der Waals surface area contributed by atoms with E-state index in [9.17, 15) is 9.90 Å². The van der Waals surface area contributed by atoms with E-state index < -0.39 is 0 Å². The van der Waals surface area contributed by atoms with Gasteiger partial charge in [-0.25, -0.2) is 0 Å². The molecule has 1 aliphatic carbocycles. The first-order valence-corrected chi connectivity index (χ1v) is 8.36. The molecule has 1 saturated carbocycles. The highest BCUT2D eigenvalue weighted by molar-refractivity contribution is 14.1. The van der Waals surface area contributed by atoms with Gasteiger partial charge in [0.15, 0.2) is 0 Å². The lowest BCUT2D eigenvalue weighted by atomic mass is 9.74. The van der Waals surface area contributed by atoms with Crippen molar-refractivity contribution < 1.29 is 9.90 Å². The third kappa shape index (κ3) is 3.86. The monoisotopic (exact) mass is 407 g/mol. The zero-order chi connectivity index (χ0) is 14.6. The van der Waals surface area contributed by atoms with Crippen LogP contribution in [0.4, 0.5) is 0 Å². The highest BCUT2D eigenvalue weighted by Crippen LogP contribution is 2.35. The zero-order valence-electron chi connectivity index (χ0n) is 11.3. The van der Waals surface area contributed by atoms with Gasteiger partial charge in [0.2, 0.25) is 0 Å². The summed E-state index contributed by atoms with van der Waals surface area (Å²) in [7, 11) is 0. The number of hydrogen-bond acceptors (Lipinski definition) is 2. The topological polar surface area (TPSA) is 49.3 Å². The van der Waals surface area contributed by atoms with Gasteiger partial charge in [0.05, 0.1) is 12.2 Å². The predicted molar refractivity (Wildman–Crippen MR) is 89.1 cm³/mol. The summed E-state index contributed by atoms with van der Waals surface area (Å²) in [5.41, 5.74) is 0.458. The Morgan fingerprint density at radius 1 is 1.35 bits per heavy atom. The minimum absolute atomic E-state index is 0.115. The summed E-state index contributed by atoms with van der Waals surface area (Å²) < 4.78 is 0.881. The Morgan fingerprint density at radius 3 is 2.70 bits per heavy atom. The molecular weight excluding hydrogens is 389 g/mol. The number of carbonyl (C=O) groups is 1. The second-order valence-corrected chi connectivity index (χ2v) is 7.12. The average molecular weight is 408 g/mol. The van der Waals surface area contributed by atoms with Crippen LogP contribution in [0.1, 0.15) is 42.5 Å². The summed E-state index contributed by atoms with van der Waals surface area (Å²) >= 11 is 8.07. The lowest BCUT2D eigenvalue weighted by Crippen LogP contribution is -2.41. The summed E-state index contributed by atoms with van der Waals surface area (Å²) in [4.78, 5) is 12.3. The SMILES string of the molecule is O=C(NCC1(CO)CCCCC1)c1cc(Cl)ccc1I. The minimum Gasteiger partial charge on any atom is -0.396 e. The van der Waals surface area contributed by atoms with E-state index in [0.717, 1.165) is 29.3 Å². The second kappa shape index (κ2) is 7.09. The summed E-state index contributed by atoms with van der Waals surface area (Å²) in [6.45, 7) is 0.671. The van der Waals surface area contributed by atoms with Gasteiger partial charge in [-0.1, -0.05) is 30.9 Å². The van der Waals surface area contributed by atoms with Crippen molar-refractivity contribution >= 4 is 40.1 Å². The third-order valence-electron chi connectivity index (χ3n) is 4.05. The molecule has 20 heavy (non-hydrogen) atoms. The molecule has 1 aliphatic rings. The van der Waals surface area contributed by atoms with Crippen molar-refractivity contribution in [3.63, 3.8) is 0 Å². The fourth-order valence-electron chi connectivity index (χ4n) is 2.73. The molecule has 0 unspecified atom stereocenters. The van der Waals surface area contributed by atoms with Gasteiger partial charge in [0, 0.05) is 20.6 Å². The zero-order valence-corrected chi connectivity index (χ0v) is 14.2. The van der Waals surface area contributed by atoms with Crippen molar-refractivity contribution in [2.45, 2.75) is 32.1 Å². The van der Waals surface area contributed by atoms with E-state index >= 15 is 0 Å². The molecule has 1 fully saturated rings. The number of halogens is 2. The Bertz CT molecular complexity index is 487. The Balaban J connectivity index is 2.02. The molecular formula is C15H19ClINO2. The van der Waals surface area contributed by atoms with E-state index in [4.69, 9.17) is 11.6 Å². The van der Waals surface area contributed by atoms with Gasteiger partial charge in [0.1, 0.15) is 0 Å². The van der Waals surface area contributed by atoms with E-state index in [1.54, 1.807) is 12.1 Å². The normalized spacial score (nSPS) is 17.8. The van der Waals surface area contributed by atoms with Crippen LogP contribution < -0.4 is 5.32 Å². The van der Waals surface area contributed by atoms with Crippen LogP contribution in [-0.4, -0.2) is 24.2 Å². The van der Waals surface area contributed by atoms with Crippen molar-refractivity contribution in [2.24, 2.45) is 5.41 Å². The standard InChI is InChI=1S/C15H19ClINO2/c16-11-4-5-13(17)12(8-11)14(20)18-9-15(10-19)6-2-1-3-7-15/h4-5,8,19H,1-3,6-7,9-10H2,(H,18,20). The van der Waals surface area contributed by atoms with Crippen molar-refractivity contribution in [1.29, 1.82) is 0 Å². The van der Waals surface area contributed by atoms with E-state index in [1.807, 2.05) is 6.07 Å². The third-order valence-corrected chi connectivity index (χ3v) is 5.22. The molecule has 2 rings (SSSR count). The molecule has 0 radical (unpaired) electrons. The molecule has 0 aromatic heterocycles. The maximum atomic E-state index is 12.3. The van der Waals surface area contributed by atoms with Crippen LogP contribution in [0.5, 0.6) is 0 Å². The first kappa shape index (κ1) is 16.0. The number of hydrogen-bond donors (Lipinski definition) is 2. The van der Waals surface area contributed by atoms with Crippen molar-refractivity contribution in [2.75, 3.05) is 13.2 Å². The van der Waals surface area contributed by atoms with Crippen molar-refractivity contribution in [3.8, 4) is 0 Å². The number of benzene rings is 1. The van der Waals surface area contributed by atoms with Gasteiger partial charge in [-0.2, -0.15) is 0 Å². The number of rotatable bonds is 4. The molecule has 1 aromatic carbocycles. The largest absolute Gasteiger partial charge is 0.396 e. The molecule has 3 nitrogen and oxygen atoms in total. The molecule has 0 atom stereocenters. The fourth-order valence-corrected chi connectivity index (χ4v) is 3.48. The maximum Gasteiger partial charge on any atom is 0.252 e. The van der Waals surface area contributed by atoms with Crippen molar-refractivity contribution in [1.82, 2.24) is 5.32 Å². The van der Waals surface area contributed by atoms with E-state index in [1.165, 1.54) is 6.42 Å². The first-order chi connectivity index (χ1) is 9.56. The van der Waals surface area contributed by atoms with Crippen LogP contribution in [0.3, 0.4) is 0 Å². The van der Waals surface area contributed by atoms with Crippen LogP contribution >= 0.6 is 34.2 Å². The van der Waals surface area contributed by atoms with Gasteiger partial charge in [-0.05, 0) is 53.6 Å². The molecule has 2 N–H and O–H groups in total. The second-order valence-electron chi connectivity index (χ2n) is 5.53. The number of aliphatic hydroxyl groups is 1. The highest BCUT2D eigenvalue weighted by Gasteiger charge is 2.31. The summed E-state index contributed by atoms with van der Waals surface area (Å²) in [6.07, 6.45) is 5.45. The highest BCUT2D eigenvalue weighted by atomic mass is 127. The number of amides is 1. The predicted octanol–water partition coefficient (Wildman–Crippen LogP) is 3.62. The Labute approximate surface area is 138 Å². The molecule has 1 amide bonds. The van der Waals surface area contributed by atoms with Gasteiger partial charge < -0.3 is 10.4 Å². The summed E-state index contributed by atoms with van der Waals surface area (Å²) in [6, 6.07) is 5.29. The van der Waals surface area contributed by atoms with Crippen LogP contribution in [0.15, 0.2) is 18.2 Å².